The molecule has 0 bridgehead atoms. The van der Waals surface area contributed by atoms with Crippen LogP contribution in [0.5, 0.6) is 0 Å². The fraction of sp³-hybridized carbons (Fsp3) is 0.529. The lowest BCUT2D eigenvalue weighted by Gasteiger charge is -2.29. The normalized spacial score (nSPS) is 22.8. The number of nitrogens with zero attached hydrogens (tertiary/aromatic N) is 2. The van der Waals surface area contributed by atoms with Crippen LogP contribution < -0.4 is 0 Å². The summed E-state index contributed by atoms with van der Waals surface area (Å²) in [7, 11) is 0. The van der Waals surface area contributed by atoms with Gasteiger partial charge in [-0.1, -0.05) is 12.1 Å². The second-order valence-corrected chi connectivity index (χ2v) is 7.00. The molecule has 0 radical (unpaired) electrons. The van der Waals surface area contributed by atoms with Gasteiger partial charge in [0.15, 0.2) is 11.7 Å². The Bertz CT molecular complexity index is 707. The zero-order valence-electron chi connectivity index (χ0n) is 13.9. The molecule has 1 aliphatic rings. The number of ether oxygens (including phenoxy) is 1. The number of fused-ring (bicyclic) bond motifs is 1. The fourth-order valence-corrected chi connectivity index (χ4v) is 2.82. The summed E-state index contributed by atoms with van der Waals surface area (Å²) < 4.78 is 24.7. The number of halogens is 1. The molecule has 1 aliphatic heterocycles. The lowest BCUT2D eigenvalue weighted by atomic mass is 10.1. The molecule has 1 N–H and O–H groups in total. The minimum absolute atomic E-state index is 0.0130. The van der Waals surface area contributed by atoms with Gasteiger partial charge in [-0.3, -0.25) is 4.90 Å². The first-order chi connectivity index (χ1) is 11.2. The first kappa shape index (κ1) is 16.7. The van der Waals surface area contributed by atoms with Crippen LogP contribution in [0.1, 0.15) is 39.2 Å². The Morgan fingerprint density at radius 1 is 1.46 bits per heavy atom. The number of carbonyl (C=O) groups excluding carboxylic acids is 1. The fourth-order valence-electron chi connectivity index (χ4n) is 2.82. The monoisotopic (exact) mass is 336 g/mol. The average molecular weight is 336 g/mol. The number of aromatic nitrogens is 1. The van der Waals surface area contributed by atoms with Gasteiger partial charge in [-0.25, -0.2) is 14.2 Å². The molecule has 0 spiro atoms. The lowest BCUT2D eigenvalue weighted by Crippen LogP contribution is -2.42. The number of aliphatic hydroxyl groups is 1. The highest BCUT2D eigenvalue weighted by Gasteiger charge is 2.43. The molecule has 3 rings (SSSR count). The third kappa shape index (κ3) is 3.36. The summed E-state index contributed by atoms with van der Waals surface area (Å²) in [6.45, 7) is 5.09. The molecule has 2 aromatic rings. The SMILES string of the molecule is CC(C)(C)OC(=O)N1C[C@@H](F)C[C@H]1[C@@H](O)c1nc2ccccc2o1. The molecule has 24 heavy (non-hydrogen) atoms. The lowest BCUT2D eigenvalue weighted by molar-refractivity contribution is 0.000390. The van der Waals surface area contributed by atoms with Gasteiger partial charge in [0.05, 0.1) is 12.6 Å². The van der Waals surface area contributed by atoms with Crippen molar-refractivity contribution in [2.24, 2.45) is 0 Å². The summed E-state index contributed by atoms with van der Waals surface area (Å²) in [6.07, 6.45) is -3.07. The van der Waals surface area contributed by atoms with Gasteiger partial charge in [0, 0.05) is 6.42 Å². The van der Waals surface area contributed by atoms with Crippen LogP contribution in [-0.2, 0) is 4.74 Å². The van der Waals surface area contributed by atoms with Gasteiger partial charge >= 0.3 is 6.09 Å². The number of oxazole rings is 1. The van der Waals surface area contributed by atoms with E-state index in [4.69, 9.17) is 9.15 Å². The number of aliphatic hydroxyl groups excluding tert-OH is 1. The molecular weight excluding hydrogens is 315 g/mol. The van der Waals surface area contributed by atoms with Gasteiger partial charge in [-0.15, -0.1) is 0 Å². The van der Waals surface area contributed by atoms with E-state index in [1.165, 1.54) is 4.90 Å². The Morgan fingerprint density at radius 3 is 2.83 bits per heavy atom. The van der Waals surface area contributed by atoms with Crippen LogP contribution in [0.3, 0.4) is 0 Å². The predicted octanol–water partition coefficient (Wildman–Crippen LogP) is 3.21. The van der Waals surface area contributed by atoms with E-state index in [0.717, 1.165) is 0 Å². The molecule has 3 atom stereocenters. The first-order valence-corrected chi connectivity index (χ1v) is 7.92. The van der Waals surface area contributed by atoms with Crippen LogP contribution in [-0.4, -0.2) is 45.4 Å². The van der Waals surface area contributed by atoms with Crippen molar-refractivity contribution in [1.29, 1.82) is 0 Å². The highest BCUT2D eigenvalue weighted by atomic mass is 19.1. The molecule has 1 aromatic carbocycles. The number of amides is 1. The largest absolute Gasteiger partial charge is 0.444 e. The van der Waals surface area contributed by atoms with E-state index in [1.54, 1.807) is 45.0 Å². The summed E-state index contributed by atoms with van der Waals surface area (Å²) in [4.78, 5) is 17.8. The molecule has 1 saturated heterocycles. The summed E-state index contributed by atoms with van der Waals surface area (Å²) in [5.41, 5.74) is 0.439. The molecule has 0 saturated carbocycles. The van der Waals surface area contributed by atoms with Gasteiger partial charge < -0.3 is 14.3 Å². The van der Waals surface area contributed by atoms with E-state index in [1.807, 2.05) is 0 Å². The maximum atomic E-state index is 13.9. The van der Waals surface area contributed by atoms with Gasteiger partial charge in [-0.2, -0.15) is 0 Å². The number of likely N-dealkylation sites (tertiary alicyclic amines) is 1. The minimum atomic E-state index is -1.22. The Labute approximate surface area is 139 Å². The summed E-state index contributed by atoms with van der Waals surface area (Å²) in [5, 5.41) is 10.6. The number of hydrogen-bond donors (Lipinski definition) is 1. The Hall–Kier alpha value is -2.15. The summed E-state index contributed by atoms with van der Waals surface area (Å²) in [5.74, 6) is 0.0730. The van der Waals surface area contributed by atoms with E-state index in [-0.39, 0.29) is 18.9 Å². The van der Waals surface area contributed by atoms with Crippen molar-refractivity contribution >= 4 is 17.2 Å². The zero-order chi connectivity index (χ0) is 17.5. The number of carbonyl (C=O) groups is 1. The zero-order valence-corrected chi connectivity index (χ0v) is 13.9. The average Bonchev–Trinajstić information content (AvgIpc) is 3.08. The number of rotatable bonds is 2. The molecule has 1 fully saturated rings. The summed E-state index contributed by atoms with van der Waals surface area (Å²) >= 11 is 0. The third-order valence-corrected chi connectivity index (χ3v) is 3.85. The Kier molecular flexibility index (Phi) is 4.21. The molecule has 0 unspecified atom stereocenters. The Balaban J connectivity index is 1.83. The number of alkyl halides is 1. The highest BCUT2D eigenvalue weighted by molar-refractivity contribution is 5.72. The van der Waals surface area contributed by atoms with Gasteiger partial charge in [0.25, 0.3) is 0 Å². The second-order valence-electron chi connectivity index (χ2n) is 7.00. The van der Waals surface area contributed by atoms with Crippen LogP contribution in [0.2, 0.25) is 0 Å². The van der Waals surface area contributed by atoms with Gasteiger partial charge in [0.1, 0.15) is 17.3 Å². The molecular formula is C17H21FN2O4. The minimum Gasteiger partial charge on any atom is -0.444 e. The van der Waals surface area contributed by atoms with Crippen molar-refractivity contribution in [3.63, 3.8) is 0 Å². The maximum absolute atomic E-state index is 13.9. The van der Waals surface area contributed by atoms with Crippen molar-refractivity contribution in [2.75, 3.05) is 6.54 Å². The smallest absolute Gasteiger partial charge is 0.410 e. The molecule has 1 amide bonds. The highest BCUT2D eigenvalue weighted by Crippen LogP contribution is 2.33. The second kappa shape index (κ2) is 6.05. The molecule has 130 valence electrons. The van der Waals surface area contributed by atoms with Gasteiger partial charge in [-0.05, 0) is 32.9 Å². The van der Waals surface area contributed by atoms with E-state index >= 15 is 0 Å². The maximum Gasteiger partial charge on any atom is 0.410 e. The van der Waals surface area contributed by atoms with Crippen LogP contribution in [0, 0.1) is 0 Å². The molecule has 7 heteroatoms. The Morgan fingerprint density at radius 2 is 2.17 bits per heavy atom. The number of hydrogen-bond acceptors (Lipinski definition) is 5. The van der Waals surface area contributed by atoms with Crippen LogP contribution >= 0.6 is 0 Å². The third-order valence-electron chi connectivity index (χ3n) is 3.85. The number of para-hydroxylation sites is 2. The summed E-state index contributed by atoms with van der Waals surface area (Å²) in [6, 6.07) is 6.32. The quantitative estimate of drug-likeness (QED) is 0.911. The number of benzene rings is 1. The van der Waals surface area contributed by atoms with Crippen LogP contribution in [0.4, 0.5) is 9.18 Å². The molecule has 0 aliphatic carbocycles. The molecule has 6 nitrogen and oxygen atoms in total. The van der Waals surface area contributed by atoms with Gasteiger partial charge in [0.2, 0.25) is 5.89 Å². The van der Waals surface area contributed by atoms with Crippen molar-refractivity contribution in [3.05, 3.63) is 30.2 Å². The molecule has 1 aromatic heterocycles. The first-order valence-electron chi connectivity index (χ1n) is 7.92. The van der Waals surface area contributed by atoms with E-state index in [9.17, 15) is 14.3 Å². The van der Waals surface area contributed by atoms with Crippen molar-refractivity contribution in [3.8, 4) is 0 Å². The van der Waals surface area contributed by atoms with E-state index in [0.29, 0.717) is 11.1 Å². The van der Waals surface area contributed by atoms with E-state index in [2.05, 4.69) is 4.98 Å². The predicted molar refractivity (Wildman–Crippen MR) is 85.2 cm³/mol. The van der Waals surface area contributed by atoms with Crippen LogP contribution in [0.25, 0.3) is 11.1 Å². The van der Waals surface area contributed by atoms with Crippen molar-refractivity contribution < 1.29 is 23.4 Å². The van der Waals surface area contributed by atoms with Crippen molar-refractivity contribution in [2.45, 2.75) is 51.1 Å². The van der Waals surface area contributed by atoms with Crippen LogP contribution in [0.15, 0.2) is 28.7 Å². The molecule has 2 heterocycles. The van der Waals surface area contributed by atoms with E-state index < -0.39 is 30.0 Å². The topological polar surface area (TPSA) is 75.8 Å². The van der Waals surface area contributed by atoms with Crippen molar-refractivity contribution in [1.82, 2.24) is 9.88 Å². The standard InChI is InChI=1S/C17H21FN2O4/c1-17(2,3)24-16(22)20-9-10(18)8-12(20)14(21)15-19-11-6-4-5-7-13(11)23-15/h4-7,10,12,14,21H,8-9H2,1-3H3/t10-,12-,14+/m0/s1.